The highest BCUT2D eigenvalue weighted by molar-refractivity contribution is 5.95. The number of carboxylic acid groups (broad SMARTS) is 3. The van der Waals surface area contributed by atoms with Gasteiger partial charge in [-0.15, -0.1) is 0 Å². The highest BCUT2D eigenvalue weighted by Crippen LogP contribution is 2.75. The van der Waals surface area contributed by atoms with E-state index in [-0.39, 0.29) is 40.5 Å². The van der Waals surface area contributed by atoms with Gasteiger partial charge < -0.3 is 66.0 Å². The van der Waals surface area contributed by atoms with Crippen molar-refractivity contribution in [2.45, 2.75) is 174 Å². The van der Waals surface area contributed by atoms with Gasteiger partial charge in [0.05, 0.1) is 11.5 Å². The van der Waals surface area contributed by atoms with E-state index in [1.807, 2.05) is 26.8 Å². The first-order valence-electron chi connectivity index (χ1n) is 20.7. The number of carbonyl (C=O) groups excluding carboxylic acids is 1. The van der Waals surface area contributed by atoms with Crippen molar-refractivity contribution in [2.75, 3.05) is 0 Å². The number of carbonyl (C=O) groups is 4. The second-order valence-electron chi connectivity index (χ2n) is 20.6. The minimum Gasteiger partial charge on any atom is -0.481 e. The number of hydrogen-bond acceptors (Lipinski definition) is 14. The number of hydrogen-bond donors (Lipinski definition) is 9. The summed E-state index contributed by atoms with van der Waals surface area (Å²) < 4.78 is 23.4. The van der Waals surface area contributed by atoms with Crippen LogP contribution in [0, 0.1) is 50.2 Å². The Balaban J connectivity index is 0.00000585. The summed E-state index contributed by atoms with van der Waals surface area (Å²) in [5.41, 5.74) is -1.81. The molecule has 0 amide bonds. The normalized spacial score (nSPS) is 51.7. The average Bonchev–Trinajstić information content (AvgIpc) is 3.13. The van der Waals surface area contributed by atoms with Crippen LogP contribution in [0.2, 0.25) is 0 Å². The van der Waals surface area contributed by atoms with E-state index in [9.17, 15) is 60.0 Å². The van der Waals surface area contributed by atoms with Crippen molar-refractivity contribution in [1.29, 1.82) is 0 Å². The highest BCUT2D eigenvalue weighted by atomic mass is 16.8. The molecule has 7 rings (SSSR count). The molecule has 0 radical (unpaired) electrons. The van der Waals surface area contributed by atoms with Crippen LogP contribution in [0.25, 0.3) is 0 Å². The summed E-state index contributed by atoms with van der Waals surface area (Å²) in [5.74, 6) is -4.47. The molecule has 2 saturated heterocycles. The van der Waals surface area contributed by atoms with Crippen molar-refractivity contribution in [3.63, 3.8) is 0 Å². The molecule has 334 valence electrons. The molecule has 0 unspecified atom stereocenters. The Kier molecular flexibility index (Phi) is 11.7. The van der Waals surface area contributed by atoms with Crippen LogP contribution in [0.1, 0.15) is 106 Å². The maximum absolute atomic E-state index is 14.8. The number of ether oxygens (including phenoxy) is 4. The second kappa shape index (κ2) is 15.1. The van der Waals surface area contributed by atoms with Gasteiger partial charge in [-0.3, -0.25) is 9.59 Å². The van der Waals surface area contributed by atoms with Crippen molar-refractivity contribution in [3.05, 3.63) is 11.6 Å². The number of aliphatic hydroxyl groups excluding tert-OH is 5. The highest BCUT2D eigenvalue weighted by Gasteiger charge is 2.71. The van der Waals surface area contributed by atoms with Crippen molar-refractivity contribution >= 4 is 23.7 Å². The molecule has 11 N–H and O–H groups in total. The third-order valence-corrected chi connectivity index (χ3v) is 17.2. The fraction of sp³-hybridized carbons (Fsp3) is 0.857. The number of aliphatic hydroxyl groups is 5. The molecule has 0 aromatic rings. The van der Waals surface area contributed by atoms with Gasteiger partial charge in [0.25, 0.3) is 0 Å². The predicted molar refractivity (Wildman–Crippen MR) is 204 cm³/mol. The summed E-state index contributed by atoms with van der Waals surface area (Å²) in [6.07, 6.45) is -12.2. The lowest BCUT2D eigenvalue weighted by Gasteiger charge is -2.70. The van der Waals surface area contributed by atoms with Crippen molar-refractivity contribution in [1.82, 2.24) is 6.15 Å². The molecule has 0 spiro atoms. The van der Waals surface area contributed by atoms with Gasteiger partial charge in [0.15, 0.2) is 30.6 Å². The molecule has 19 atom stereocenters. The first-order chi connectivity index (χ1) is 26.8. The Morgan fingerprint density at radius 3 is 1.86 bits per heavy atom. The van der Waals surface area contributed by atoms with Crippen LogP contribution in [0.5, 0.6) is 0 Å². The largest absolute Gasteiger partial charge is 0.481 e. The van der Waals surface area contributed by atoms with Crippen LogP contribution in [0.3, 0.4) is 0 Å². The van der Waals surface area contributed by atoms with Gasteiger partial charge in [-0.25, -0.2) is 9.59 Å². The molecule has 2 heterocycles. The van der Waals surface area contributed by atoms with E-state index >= 15 is 0 Å². The standard InChI is InChI=1S/C42H62O16.H3N/c1-37(2)21-8-11-42(7)31(20(43)16-18-19-17-39(4,36(53)54)13-12-38(19,3)14-15-41(18,42)6)40(21,5)10-9-22(37)55-35-30(26(47)25(46)29(57-35)33(51)52)58-34-27(48)23(44)24(45)28(56-34)32(49)50;/h16,19,21-31,34-35,44-48H,8-15,17H2,1-7H3,(H,49,50)(H,51,52)(H,53,54);1H3/t19-,21-,22-,23-,24-,25-,26-,27+,28-,29-,30+,31+,34-,35+,38+,39-,40-,41+,42+;/m1./s1. The third-order valence-electron chi connectivity index (χ3n) is 17.2. The van der Waals surface area contributed by atoms with E-state index in [1.54, 1.807) is 0 Å². The molecular weight excluding hydrogens is 774 g/mol. The molecule has 59 heavy (non-hydrogen) atoms. The molecule has 5 aliphatic carbocycles. The molecule has 7 aliphatic rings. The van der Waals surface area contributed by atoms with Gasteiger partial charge in [0.2, 0.25) is 0 Å². The topological polar surface area (TPSA) is 302 Å². The van der Waals surface area contributed by atoms with E-state index in [0.29, 0.717) is 25.7 Å². The van der Waals surface area contributed by atoms with Gasteiger partial charge in [-0.1, -0.05) is 47.1 Å². The van der Waals surface area contributed by atoms with Gasteiger partial charge in [0.1, 0.15) is 36.6 Å². The van der Waals surface area contributed by atoms with E-state index in [0.717, 1.165) is 37.7 Å². The average molecular weight is 840 g/mol. The van der Waals surface area contributed by atoms with Crippen molar-refractivity contribution in [2.24, 2.45) is 50.2 Å². The van der Waals surface area contributed by atoms with Gasteiger partial charge in [-0.2, -0.15) is 0 Å². The van der Waals surface area contributed by atoms with Crippen molar-refractivity contribution < 1.29 is 79.0 Å². The Hall–Kier alpha value is -2.58. The maximum Gasteiger partial charge on any atom is 0.335 e. The SMILES string of the molecule is CC1(C)[C@H]2CC[C@@]3(C)[C@@H](C(=O)C=C4[C@H]5C[C@](C)(C(=O)O)CC[C@@]5(C)CC[C@@]43C)[C@]2(C)CC[C@H]1O[C@H]1O[C@@H](C(=O)O)[C@H](O)[C@@H](O)[C@@H]1O[C@H]1O[C@@H](C(=O)O)[C@H](O)[C@@H](O)[C@@H]1O.N. The zero-order chi connectivity index (χ0) is 42.9. The predicted octanol–water partition coefficient (Wildman–Crippen LogP) is 2.41. The van der Waals surface area contributed by atoms with Crippen molar-refractivity contribution in [3.8, 4) is 0 Å². The van der Waals surface area contributed by atoms with Crippen LogP contribution in [0.4, 0.5) is 0 Å². The number of ketones is 1. The number of allylic oxidation sites excluding steroid dienone is 2. The molecule has 6 fully saturated rings. The molecule has 0 aromatic carbocycles. The van der Waals surface area contributed by atoms with Crippen LogP contribution in [-0.2, 0) is 38.1 Å². The second-order valence-corrected chi connectivity index (χ2v) is 20.6. The summed E-state index contributed by atoms with van der Waals surface area (Å²) in [7, 11) is 0. The van der Waals surface area contributed by atoms with Crippen LogP contribution in [0.15, 0.2) is 11.6 Å². The third kappa shape index (κ3) is 6.72. The van der Waals surface area contributed by atoms with Gasteiger partial charge >= 0.3 is 17.9 Å². The lowest BCUT2D eigenvalue weighted by Crippen LogP contribution is -2.68. The quantitative estimate of drug-likeness (QED) is 0.166. The zero-order valence-electron chi connectivity index (χ0n) is 35.1. The summed E-state index contributed by atoms with van der Waals surface area (Å²) in [5, 5.41) is 83.0. The minimum atomic E-state index is -2.05. The Bertz CT molecular complexity index is 1740. The first kappa shape index (κ1) is 45.9. The smallest absolute Gasteiger partial charge is 0.335 e. The number of aliphatic carboxylic acids is 3. The lowest BCUT2D eigenvalue weighted by atomic mass is 9.33. The monoisotopic (exact) mass is 839 g/mol. The molecule has 17 heteroatoms. The van der Waals surface area contributed by atoms with E-state index in [2.05, 4.69) is 27.7 Å². The van der Waals surface area contributed by atoms with Gasteiger partial charge in [-0.05, 0) is 110 Å². The molecule has 2 aliphatic heterocycles. The van der Waals surface area contributed by atoms with Crippen LogP contribution in [-0.4, -0.2) is 132 Å². The van der Waals surface area contributed by atoms with E-state index in [1.165, 1.54) is 0 Å². The summed E-state index contributed by atoms with van der Waals surface area (Å²) in [6.45, 7) is 14.8. The molecule has 17 nitrogen and oxygen atoms in total. The number of fused-ring (bicyclic) bond motifs is 7. The summed E-state index contributed by atoms with van der Waals surface area (Å²) >= 11 is 0. The molecule has 0 aromatic heterocycles. The maximum atomic E-state index is 14.8. The summed E-state index contributed by atoms with van der Waals surface area (Å²) in [4.78, 5) is 51.3. The zero-order valence-corrected chi connectivity index (χ0v) is 35.1. The number of rotatable bonds is 7. The molecular formula is C42H65NO16. The number of carboxylic acids is 3. The Morgan fingerprint density at radius 2 is 1.27 bits per heavy atom. The van der Waals surface area contributed by atoms with E-state index < -0.39 is 107 Å². The van der Waals surface area contributed by atoms with Crippen LogP contribution >= 0.6 is 0 Å². The lowest BCUT2D eigenvalue weighted by molar-refractivity contribution is -0.371. The molecule has 0 bridgehead atoms. The Labute approximate surface area is 344 Å². The first-order valence-corrected chi connectivity index (χ1v) is 20.7. The van der Waals surface area contributed by atoms with E-state index in [4.69, 9.17) is 18.9 Å². The van der Waals surface area contributed by atoms with Crippen LogP contribution < -0.4 is 6.15 Å². The molecule has 4 saturated carbocycles. The van der Waals surface area contributed by atoms with Gasteiger partial charge in [0, 0.05) is 5.92 Å². The fourth-order valence-electron chi connectivity index (χ4n) is 13.4. The minimum absolute atomic E-state index is 0. The fourth-order valence-corrected chi connectivity index (χ4v) is 13.4. The Morgan fingerprint density at radius 1 is 0.695 bits per heavy atom. The summed E-state index contributed by atoms with van der Waals surface area (Å²) in [6, 6.07) is 0.